The molecule has 2 aromatic carbocycles. The molecule has 1 aliphatic rings. The van der Waals surface area contributed by atoms with E-state index >= 15 is 0 Å². The van der Waals surface area contributed by atoms with Gasteiger partial charge in [-0.25, -0.2) is 8.42 Å². The van der Waals surface area contributed by atoms with Crippen molar-refractivity contribution in [2.45, 2.75) is 19.0 Å². The molecule has 2 heterocycles. The van der Waals surface area contributed by atoms with E-state index in [-0.39, 0.29) is 19.0 Å². The molecule has 0 spiro atoms. The van der Waals surface area contributed by atoms with Crippen LogP contribution < -0.4 is 4.90 Å². The number of benzene rings is 2. The summed E-state index contributed by atoms with van der Waals surface area (Å²) >= 11 is 3.48. The molecule has 0 radical (unpaired) electrons. The molecule has 31 heavy (non-hydrogen) atoms. The topological polar surface area (TPSA) is 70.6 Å². The molecule has 6 nitrogen and oxygen atoms in total. The molecule has 0 saturated heterocycles. The third kappa shape index (κ3) is 4.87. The molecule has 3 aromatic rings. The summed E-state index contributed by atoms with van der Waals surface area (Å²) in [5.41, 5.74) is 2.96. The van der Waals surface area contributed by atoms with Crippen LogP contribution in [-0.4, -0.2) is 42.5 Å². The lowest BCUT2D eigenvalue weighted by molar-refractivity contribution is 0.0982. The van der Waals surface area contributed by atoms with E-state index in [1.165, 1.54) is 16.8 Å². The van der Waals surface area contributed by atoms with Gasteiger partial charge < -0.3 is 4.90 Å². The Bertz CT molecular complexity index is 1190. The van der Waals surface area contributed by atoms with Crippen LogP contribution in [0.1, 0.15) is 21.5 Å². The number of amides is 1. The number of pyridine rings is 1. The number of carbonyl (C=O) groups excluding carboxylic acids is 1. The summed E-state index contributed by atoms with van der Waals surface area (Å²) in [5.74, 6) is -0.204. The minimum Gasteiger partial charge on any atom is -0.306 e. The maximum atomic E-state index is 13.5. The van der Waals surface area contributed by atoms with Gasteiger partial charge >= 0.3 is 0 Å². The van der Waals surface area contributed by atoms with Crippen LogP contribution in [0.25, 0.3) is 0 Å². The van der Waals surface area contributed by atoms with Crippen molar-refractivity contribution in [3.63, 3.8) is 0 Å². The van der Waals surface area contributed by atoms with Gasteiger partial charge in [-0.15, -0.1) is 0 Å². The Morgan fingerprint density at radius 3 is 2.58 bits per heavy atom. The van der Waals surface area contributed by atoms with Crippen molar-refractivity contribution in [3.8, 4) is 0 Å². The molecule has 0 fully saturated rings. The molecule has 0 unspecified atom stereocenters. The van der Waals surface area contributed by atoms with Crippen molar-refractivity contribution < 1.29 is 13.2 Å². The van der Waals surface area contributed by atoms with E-state index < -0.39 is 16.1 Å². The zero-order valence-corrected chi connectivity index (χ0v) is 19.4. The maximum Gasteiger partial charge on any atom is 0.259 e. The maximum absolute atomic E-state index is 13.5. The van der Waals surface area contributed by atoms with Crippen molar-refractivity contribution in [1.82, 2.24) is 9.29 Å². The zero-order chi connectivity index (χ0) is 22.0. The number of carbonyl (C=O) groups is 1. The fourth-order valence-electron chi connectivity index (χ4n) is 3.92. The van der Waals surface area contributed by atoms with Crippen LogP contribution in [0.3, 0.4) is 0 Å². The summed E-state index contributed by atoms with van der Waals surface area (Å²) in [5, 5.41) is 0. The number of aromatic nitrogens is 1. The molecular formula is C23H22BrN3O3S. The predicted octanol–water partition coefficient (Wildman–Crippen LogP) is 3.88. The van der Waals surface area contributed by atoms with Crippen LogP contribution in [0.15, 0.2) is 77.5 Å². The van der Waals surface area contributed by atoms with Gasteiger partial charge in [-0.2, -0.15) is 4.31 Å². The number of halogens is 1. The number of nitrogens with zero attached hydrogens (tertiary/aromatic N) is 3. The molecule has 1 atom stereocenters. The van der Waals surface area contributed by atoms with Crippen molar-refractivity contribution in [2.75, 3.05) is 17.7 Å². The second-order valence-corrected chi connectivity index (χ2v) is 10.4. The fraction of sp³-hybridized carbons (Fsp3) is 0.217. The molecule has 1 aromatic heterocycles. The normalized spacial score (nSPS) is 17.1. The number of hydrogen-bond acceptors (Lipinski definition) is 4. The van der Waals surface area contributed by atoms with Crippen LogP contribution in [0, 0.1) is 0 Å². The summed E-state index contributed by atoms with van der Waals surface area (Å²) in [6, 6.07) is 18.4. The van der Waals surface area contributed by atoms with Crippen LogP contribution in [0.2, 0.25) is 0 Å². The Hall–Kier alpha value is -2.55. The molecule has 8 heteroatoms. The Labute approximate surface area is 190 Å². The van der Waals surface area contributed by atoms with Crippen molar-refractivity contribution >= 4 is 37.5 Å². The highest BCUT2D eigenvalue weighted by atomic mass is 79.9. The van der Waals surface area contributed by atoms with Gasteiger partial charge in [0.15, 0.2) is 0 Å². The highest BCUT2D eigenvalue weighted by molar-refractivity contribution is 9.10. The average molecular weight is 500 g/mol. The number of fused-ring (bicyclic) bond motifs is 1. The van der Waals surface area contributed by atoms with Gasteiger partial charge in [0.25, 0.3) is 5.91 Å². The molecule has 1 aliphatic heterocycles. The van der Waals surface area contributed by atoms with E-state index in [4.69, 9.17) is 0 Å². The number of hydrogen-bond donors (Lipinski definition) is 0. The summed E-state index contributed by atoms with van der Waals surface area (Å²) < 4.78 is 27.9. The van der Waals surface area contributed by atoms with Crippen LogP contribution in [0.5, 0.6) is 0 Å². The molecule has 0 aliphatic carbocycles. The van der Waals surface area contributed by atoms with Crippen LogP contribution in [-0.2, 0) is 23.0 Å². The minimum absolute atomic E-state index is 0.196. The highest BCUT2D eigenvalue weighted by Gasteiger charge is 2.35. The fourth-order valence-corrected chi connectivity index (χ4v) is 5.38. The van der Waals surface area contributed by atoms with Gasteiger partial charge in [0.05, 0.1) is 11.8 Å². The zero-order valence-electron chi connectivity index (χ0n) is 17.0. The van der Waals surface area contributed by atoms with E-state index in [9.17, 15) is 13.2 Å². The first-order valence-electron chi connectivity index (χ1n) is 9.84. The number of anilines is 1. The Kier molecular flexibility index (Phi) is 6.22. The first-order chi connectivity index (χ1) is 14.8. The SMILES string of the molecule is CS(=O)(=O)N1Cc2cc(Br)ccc2N(C(=O)c2cccnc2)C[C@H]1Cc1ccccc1. The van der Waals surface area contributed by atoms with Crippen molar-refractivity contribution in [1.29, 1.82) is 0 Å². The lowest BCUT2D eigenvalue weighted by Crippen LogP contribution is -2.46. The third-order valence-electron chi connectivity index (χ3n) is 5.35. The molecule has 4 rings (SSSR count). The largest absolute Gasteiger partial charge is 0.306 e. The Balaban J connectivity index is 1.81. The predicted molar refractivity (Wildman–Crippen MR) is 124 cm³/mol. The van der Waals surface area contributed by atoms with E-state index in [0.717, 1.165) is 15.6 Å². The smallest absolute Gasteiger partial charge is 0.259 e. The van der Waals surface area contributed by atoms with E-state index in [0.29, 0.717) is 17.7 Å². The van der Waals surface area contributed by atoms with Crippen molar-refractivity contribution in [2.24, 2.45) is 0 Å². The average Bonchev–Trinajstić information content (AvgIpc) is 2.91. The van der Waals surface area contributed by atoms with Gasteiger partial charge in [-0.1, -0.05) is 46.3 Å². The first-order valence-corrected chi connectivity index (χ1v) is 12.5. The molecule has 0 bridgehead atoms. The van der Waals surface area contributed by atoms with Crippen molar-refractivity contribution in [3.05, 3.63) is 94.2 Å². The van der Waals surface area contributed by atoms with E-state index in [2.05, 4.69) is 20.9 Å². The minimum atomic E-state index is -3.52. The number of sulfonamides is 1. The second-order valence-electron chi connectivity index (χ2n) is 7.58. The van der Waals surface area contributed by atoms with Gasteiger partial charge in [0, 0.05) is 41.7 Å². The van der Waals surface area contributed by atoms with Gasteiger partial charge in [-0.3, -0.25) is 9.78 Å². The summed E-state index contributed by atoms with van der Waals surface area (Å²) in [4.78, 5) is 19.2. The monoisotopic (exact) mass is 499 g/mol. The highest BCUT2D eigenvalue weighted by Crippen LogP contribution is 2.33. The quantitative estimate of drug-likeness (QED) is 0.546. The van der Waals surface area contributed by atoms with Gasteiger partial charge in [-0.05, 0) is 47.9 Å². The number of rotatable bonds is 4. The van der Waals surface area contributed by atoms with Crippen LogP contribution in [0.4, 0.5) is 5.69 Å². The standard InChI is InChI=1S/C23H22BrN3O3S/c1-31(29,30)27-15-19-13-20(24)9-10-22(19)26(23(28)18-8-5-11-25-14-18)16-21(27)12-17-6-3-2-4-7-17/h2-11,13-14,21H,12,15-16H2,1H3/t21-/m1/s1. The van der Waals surface area contributed by atoms with E-state index in [1.807, 2.05) is 48.5 Å². The molecule has 0 saturated carbocycles. The van der Waals surface area contributed by atoms with Crippen LogP contribution >= 0.6 is 15.9 Å². The van der Waals surface area contributed by atoms with E-state index in [1.54, 1.807) is 23.2 Å². The summed E-state index contributed by atoms with van der Waals surface area (Å²) in [7, 11) is -3.52. The van der Waals surface area contributed by atoms with Gasteiger partial charge in [0.1, 0.15) is 0 Å². The molecule has 0 N–H and O–H groups in total. The lowest BCUT2D eigenvalue weighted by atomic mass is 10.1. The second kappa shape index (κ2) is 8.90. The Morgan fingerprint density at radius 1 is 1.13 bits per heavy atom. The first kappa shape index (κ1) is 21.7. The summed E-state index contributed by atoms with van der Waals surface area (Å²) in [6.45, 7) is 0.437. The Morgan fingerprint density at radius 2 is 1.90 bits per heavy atom. The molecule has 1 amide bonds. The lowest BCUT2D eigenvalue weighted by Gasteiger charge is -2.30. The molecular weight excluding hydrogens is 478 g/mol. The summed E-state index contributed by atoms with van der Waals surface area (Å²) in [6.07, 6.45) is 4.88. The van der Waals surface area contributed by atoms with Gasteiger partial charge in [0.2, 0.25) is 10.0 Å². The molecule has 160 valence electrons. The third-order valence-corrected chi connectivity index (χ3v) is 7.13.